The van der Waals surface area contributed by atoms with Crippen LogP contribution in [0.25, 0.3) is 0 Å². The van der Waals surface area contributed by atoms with Crippen molar-refractivity contribution in [1.82, 2.24) is 9.62 Å². The van der Waals surface area contributed by atoms with Crippen molar-refractivity contribution in [3.63, 3.8) is 0 Å². The Morgan fingerprint density at radius 1 is 1.27 bits per heavy atom. The SMILES string of the molecule is Cc1ccc(S(=O)(=O)N2CCCC(C(=O)NCCc3ccc(OC(F)F)cc3)C2)s1. The van der Waals surface area contributed by atoms with Gasteiger partial charge in [-0.3, -0.25) is 4.79 Å². The number of nitrogens with zero attached hydrogens (tertiary/aromatic N) is 1. The number of thiophene rings is 1. The number of carbonyl (C=O) groups is 1. The van der Waals surface area contributed by atoms with Crippen LogP contribution in [0, 0.1) is 12.8 Å². The molecule has 0 aliphatic carbocycles. The highest BCUT2D eigenvalue weighted by atomic mass is 32.2. The summed E-state index contributed by atoms with van der Waals surface area (Å²) in [5.74, 6) is -0.478. The number of halogens is 2. The lowest BCUT2D eigenvalue weighted by Crippen LogP contribution is -2.45. The highest BCUT2D eigenvalue weighted by Crippen LogP contribution is 2.28. The molecule has 0 saturated carbocycles. The lowest BCUT2D eigenvalue weighted by Gasteiger charge is -2.30. The van der Waals surface area contributed by atoms with Crippen molar-refractivity contribution in [2.75, 3.05) is 19.6 Å². The minimum absolute atomic E-state index is 0.0854. The lowest BCUT2D eigenvalue weighted by atomic mass is 9.99. The molecule has 164 valence electrons. The molecule has 30 heavy (non-hydrogen) atoms. The summed E-state index contributed by atoms with van der Waals surface area (Å²) in [6.07, 6.45) is 1.80. The number of aryl methyl sites for hydroxylation is 1. The van der Waals surface area contributed by atoms with Gasteiger partial charge in [0.2, 0.25) is 5.91 Å². The number of benzene rings is 1. The maximum atomic E-state index is 12.8. The van der Waals surface area contributed by atoms with Gasteiger partial charge in [-0.15, -0.1) is 11.3 Å². The van der Waals surface area contributed by atoms with Gasteiger partial charge in [-0.1, -0.05) is 12.1 Å². The van der Waals surface area contributed by atoms with Gasteiger partial charge in [0, 0.05) is 24.5 Å². The van der Waals surface area contributed by atoms with E-state index in [4.69, 9.17) is 0 Å². The van der Waals surface area contributed by atoms with E-state index in [0.717, 1.165) is 10.4 Å². The molecule has 6 nitrogen and oxygen atoms in total. The smallest absolute Gasteiger partial charge is 0.387 e. The van der Waals surface area contributed by atoms with E-state index in [1.165, 1.54) is 27.8 Å². The largest absolute Gasteiger partial charge is 0.435 e. The van der Waals surface area contributed by atoms with Crippen molar-refractivity contribution in [2.24, 2.45) is 5.92 Å². The Morgan fingerprint density at radius 3 is 2.63 bits per heavy atom. The van der Waals surface area contributed by atoms with E-state index < -0.39 is 22.6 Å². The average Bonchev–Trinajstić information content (AvgIpc) is 3.16. The first-order valence-corrected chi connectivity index (χ1v) is 11.9. The van der Waals surface area contributed by atoms with Crippen LogP contribution in [0.15, 0.2) is 40.6 Å². The molecule has 0 radical (unpaired) electrons. The van der Waals surface area contributed by atoms with Crippen LogP contribution in [0.1, 0.15) is 23.3 Å². The molecule has 1 N–H and O–H groups in total. The fourth-order valence-electron chi connectivity index (χ4n) is 3.36. The number of amides is 1. The Balaban J connectivity index is 1.50. The monoisotopic (exact) mass is 458 g/mol. The van der Waals surface area contributed by atoms with Crippen molar-refractivity contribution >= 4 is 27.3 Å². The third-order valence-electron chi connectivity index (χ3n) is 4.93. The highest BCUT2D eigenvalue weighted by Gasteiger charge is 2.33. The van der Waals surface area contributed by atoms with Crippen molar-refractivity contribution < 1.29 is 26.7 Å². The number of hydrogen-bond donors (Lipinski definition) is 1. The molecule has 1 unspecified atom stereocenters. The molecular formula is C20H24F2N2O4S2. The molecular weight excluding hydrogens is 434 g/mol. The Bertz CT molecular complexity index is 961. The van der Waals surface area contributed by atoms with Crippen LogP contribution < -0.4 is 10.1 Å². The second-order valence-electron chi connectivity index (χ2n) is 7.13. The van der Waals surface area contributed by atoms with Crippen LogP contribution >= 0.6 is 11.3 Å². The van der Waals surface area contributed by atoms with E-state index >= 15 is 0 Å². The Labute approximate surface area is 178 Å². The van der Waals surface area contributed by atoms with Gasteiger partial charge < -0.3 is 10.1 Å². The third-order valence-corrected chi connectivity index (χ3v) is 8.26. The predicted octanol–water partition coefficient (Wildman–Crippen LogP) is 3.42. The molecule has 2 aromatic rings. The zero-order chi connectivity index (χ0) is 21.7. The molecule has 2 heterocycles. The van der Waals surface area contributed by atoms with Gasteiger partial charge >= 0.3 is 6.61 Å². The highest BCUT2D eigenvalue weighted by molar-refractivity contribution is 7.91. The van der Waals surface area contributed by atoms with E-state index in [2.05, 4.69) is 10.1 Å². The van der Waals surface area contributed by atoms with E-state index in [0.29, 0.717) is 36.6 Å². The topological polar surface area (TPSA) is 75.7 Å². The molecule has 1 amide bonds. The molecule has 1 saturated heterocycles. The maximum Gasteiger partial charge on any atom is 0.387 e. The zero-order valence-corrected chi connectivity index (χ0v) is 18.1. The molecule has 1 atom stereocenters. The summed E-state index contributed by atoms with van der Waals surface area (Å²) in [6.45, 7) is -0.0460. The summed E-state index contributed by atoms with van der Waals surface area (Å²) in [7, 11) is -3.58. The minimum atomic E-state index is -3.58. The van der Waals surface area contributed by atoms with Crippen LogP contribution in [0.5, 0.6) is 5.75 Å². The van der Waals surface area contributed by atoms with Crippen LogP contribution in [-0.4, -0.2) is 44.9 Å². The second kappa shape index (κ2) is 9.84. The summed E-state index contributed by atoms with van der Waals surface area (Å²) in [5, 5.41) is 2.85. The average molecular weight is 459 g/mol. The van der Waals surface area contributed by atoms with Crippen molar-refractivity contribution in [3.05, 3.63) is 46.8 Å². The van der Waals surface area contributed by atoms with Gasteiger partial charge in [-0.05, 0) is 56.0 Å². The van der Waals surface area contributed by atoms with Crippen LogP contribution in [-0.2, 0) is 21.2 Å². The molecule has 0 spiro atoms. The number of carbonyl (C=O) groups excluding carboxylic acids is 1. The first-order chi connectivity index (χ1) is 14.3. The van der Waals surface area contributed by atoms with E-state index in [1.54, 1.807) is 24.3 Å². The number of ether oxygens (including phenoxy) is 1. The third kappa shape index (κ3) is 5.77. The van der Waals surface area contributed by atoms with Crippen LogP contribution in [0.2, 0.25) is 0 Å². The van der Waals surface area contributed by atoms with Gasteiger partial charge in [0.1, 0.15) is 9.96 Å². The maximum absolute atomic E-state index is 12.8. The van der Waals surface area contributed by atoms with E-state index in [-0.39, 0.29) is 18.2 Å². The summed E-state index contributed by atoms with van der Waals surface area (Å²) < 4.78 is 56.0. The second-order valence-corrected chi connectivity index (χ2v) is 10.6. The first-order valence-electron chi connectivity index (χ1n) is 9.64. The Morgan fingerprint density at radius 2 is 2.00 bits per heavy atom. The first kappa shape index (κ1) is 22.6. The quantitative estimate of drug-likeness (QED) is 0.658. The Kier molecular flexibility index (Phi) is 7.43. The summed E-state index contributed by atoms with van der Waals surface area (Å²) in [6, 6.07) is 9.64. The van der Waals surface area contributed by atoms with Crippen molar-refractivity contribution in [1.29, 1.82) is 0 Å². The van der Waals surface area contributed by atoms with Gasteiger partial charge in [-0.2, -0.15) is 13.1 Å². The normalized spacial score (nSPS) is 17.8. The Hall–Kier alpha value is -2.04. The molecule has 1 aliphatic heterocycles. The zero-order valence-electron chi connectivity index (χ0n) is 16.5. The lowest BCUT2D eigenvalue weighted by molar-refractivity contribution is -0.126. The van der Waals surface area contributed by atoms with Gasteiger partial charge in [0.05, 0.1) is 5.92 Å². The van der Waals surface area contributed by atoms with Crippen molar-refractivity contribution in [2.45, 2.75) is 37.0 Å². The van der Waals surface area contributed by atoms with Crippen LogP contribution in [0.3, 0.4) is 0 Å². The molecule has 1 aromatic carbocycles. The fraction of sp³-hybridized carbons (Fsp3) is 0.450. The number of piperidine rings is 1. The number of nitrogens with one attached hydrogen (secondary N) is 1. The predicted molar refractivity (Wildman–Crippen MR) is 110 cm³/mol. The number of sulfonamides is 1. The van der Waals surface area contributed by atoms with Crippen molar-refractivity contribution in [3.8, 4) is 5.75 Å². The van der Waals surface area contributed by atoms with Gasteiger partial charge in [0.15, 0.2) is 0 Å². The van der Waals surface area contributed by atoms with E-state index in [1.807, 2.05) is 6.92 Å². The molecule has 1 aromatic heterocycles. The summed E-state index contributed by atoms with van der Waals surface area (Å²) in [5.41, 5.74) is 0.873. The number of alkyl halides is 2. The van der Waals surface area contributed by atoms with E-state index in [9.17, 15) is 22.0 Å². The molecule has 1 aliphatic rings. The van der Waals surface area contributed by atoms with Crippen LogP contribution in [0.4, 0.5) is 8.78 Å². The minimum Gasteiger partial charge on any atom is -0.435 e. The summed E-state index contributed by atoms with van der Waals surface area (Å²) in [4.78, 5) is 13.5. The summed E-state index contributed by atoms with van der Waals surface area (Å²) >= 11 is 1.23. The molecule has 3 rings (SSSR count). The standard InChI is InChI=1S/C20H24F2N2O4S2/c1-14-4-9-18(29-14)30(26,27)24-12-2-3-16(13-24)19(25)23-11-10-15-5-7-17(8-6-15)28-20(21)22/h4-9,16,20H,2-3,10-13H2,1H3,(H,23,25). The number of hydrogen-bond acceptors (Lipinski definition) is 5. The fourth-order valence-corrected chi connectivity index (χ4v) is 6.33. The molecule has 10 heteroatoms. The molecule has 0 bridgehead atoms. The van der Waals surface area contributed by atoms with Gasteiger partial charge in [0.25, 0.3) is 10.0 Å². The molecule has 1 fully saturated rings. The number of rotatable bonds is 8. The van der Waals surface area contributed by atoms with Gasteiger partial charge in [-0.25, -0.2) is 8.42 Å².